The normalized spacial score (nSPS) is 15.4. The summed E-state index contributed by atoms with van der Waals surface area (Å²) in [7, 11) is 0. The van der Waals surface area contributed by atoms with Gasteiger partial charge in [-0.15, -0.1) is 11.8 Å². The van der Waals surface area contributed by atoms with E-state index in [4.69, 9.17) is 5.10 Å². The van der Waals surface area contributed by atoms with Gasteiger partial charge in [-0.2, -0.15) is 5.10 Å². The summed E-state index contributed by atoms with van der Waals surface area (Å²) >= 11 is 1.22. The summed E-state index contributed by atoms with van der Waals surface area (Å²) < 4.78 is 44.2. The number of carbonyl (C=O) groups is 2. The standard InChI is InChI=1S/C32H31F3N4O2S/c1-19-5-12-23(13-6-19)39-31-28(30(37-39)32(2,3)4)29(24-14-11-22(34)15-25(24)35)42-18-27(41)38(31)17-26(40)36-16-20-7-9-21(33)10-8-20/h5-15,29H,16-18H2,1-4H3,(H,36,40)/t29-/m0/s1. The first-order chi connectivity index (χ1) is 19.9. The van der Waals surface area contributed by atoms with E-state index in [2.05, 4.69) is 5.32 Å². The Bertz CT molecular complexity index is 1630. The number of halogens is 3. The van der Waals surface area contributed by atoms with E-state index < -0.39 is 28.2 Å². The molecular weight excluding hydrogens is 561 g/mol. The first-order valence-electron chi connectivity index (χ1n) is 13.5. The van der Waals surface area contributed by atoms with E-state index in [1.165, 1.54) is 40.9 Å². The third-order valence-electron chi connectivity index (χ3n) is 7.03. The Hall–Kier alpha value is -4.05. The molecular formula is C32H31F3N4O2S. The number of fused-ring (bicyclic) bond motifs is 1. The van der Waals surface area contributed by atoms with Gasteiger partial charge in [-0.3, -0.25) is 14.5 Å². The van der Waals surface area contributed by atoms with Crippen molar-refractivity contribution >= 4 is 29.4 Å². The molecule has 2 amide bonds. The Morgan fingerprint density at radius 3 is 2.31 bits per heavy atom. The second-order valence-electron chi connectivity index (χ2n) is 11.3. The number of carbonyl (C=O) groups excluding carboxylic acids is 2. The molecule has 0 spiro atoms. The first kappa shape index (κ1) is 29.4. The number of hydrogen-bond acceptors (Lipinski definition) is 4. The Balaban J connectivity index is 1.64. The molecule has 1 N–H and O–H groups in total. The molecule has 0 fully saturated rings. The highest BCUT2D eigenvalue weighted by molar-refractivity contribution is 8.00. The Morgan fingerprint density at radius 1 is 1.00 bits per heavy atom. The fraction of sp³-hybridized carbons (Fsp3) is 0.281. The Morgan fingerprint density at radius 2 is 1.67 bits per heavy atom. The van der Waals surface area contributed by atoms with Crippen molar-refractivity contribution in [2.45, 2.75) is 44.9 Å². The molecule has 0 saturated heterocycles. The van der Waals surface area contributed by atoms with E-state index in [9.17, 15) is 18.4 Å². The van der Waals surface area contributed by atoms with Crippen molar-refractivity contribution in [1.82, 2.24) is 15.1 Å². The zero-order valence-corrected chi connectivity index (χ0v) is 24.6. The summed E-state index contributed by atoms with van der Waals surface area (Å²) in [5.41, 5.74) is 3.33. The average Bonchev–Trinajstić information content (AvgIpc) is 3.27. The number of hydrogen-bond donors (Lipinski definition) is 1. The lowest BCUT2D eigenvalue weighted by Gasteiger charge is -2.24. The van der Waals surface area contributed by atoms with Gasteiger partial charge in [-0.1, -0.05) is 56.7 Å². The molecule has 2 heterocycles. The van der Waals surface area contributed by atoms with Crippen molar-refractivity contribution in [3.8, 4) is 5.69 Å². The van der Waals surface area contributed by atoms with Crippen LogP contribution in [0.15, 0.2) is 66.7 Å². The highest BCUT2D eigenvalue weighted by atomic mass is 32.2. The van der Waals surface area contributed by atoms with Crippen LogP contribution in [0.25, 0.3) is 5.69 Å². The van der Waals surface area contributed by atoms with Crippen LogP contribution in [0.2, 0.25) is 0 Å². The average molecular weight is 593 g/mol. The molecule has 0 aliphatic carbocycles. The number of nitrogens with one attached hydrogen (secondary N) is 1. The minimum atomic E-state index is -0.723. The molecule has 1 aliphatic heterocycles. The smallest absolute Gasteiger partial charge is 0.240 e. The molecule has 1 atom stereocenters. The molecule has 6 nitrogen and oxygen atoms in total. The van der Waals surface area contributed by atoms with E-state index >= 15 is 4.39 Å². The predicted molar refractivity (Wildman–Crippen MR) is 158 cm³/mol. The maximum absolute atomic E-state index is 15.3. The van der Waals surface area contributed by atoms with Gasteiger partial charge in [0.2, 0.25) is 11.8 Å². The molecule has 10 heteroatoms. The van der Waals surface area contributed by atoms with Gasteiger partial charge in [0, 0.05) is 29.2 Å². The number of rotatable bonds is 6. The van der Waals surface area contributed by atoms with Crippen molar-refractivity contribution < 1.29 is 22.8 Å². The minimum absolute atomic E-state index is 0.0428. The number of amides is 2. The van der Waals surface area contributed by atoms with Gasteiger partial charge in [-0.25, -0.2) is 17.9 Å². The summed E-state index contributed by atoms with van der Waals surface area (Å²) in [6, 6.07) is 16.8. The van der Waals surface area contributed by atoms with Gasteiger partial charge in [0.05, 0.1) is 22.4 Å². The van der Waals surface area contributed by atoms with Crippen molar-refractivity contribution in [2.24, 2.45) is 0 Å². The van der Waals surface area contributed by atoms with Crippen LogP contribution in [0.3, 0.4) is 0 Å². The van der Waals surface area contributed by atoms with E-state index in [0.717, 1.165) is 11.6 Å². The number of anilines is 1. The highest BCUT2D eigenvalue weighted by Crippen LogP contribution is 2.49. The zero-order chi connectivity index (χ0) is 30.2. The summed E-state index contributed by atoms with van der Waals surface area (Å²) in [6.45, 7) is 7.72. The van der Waals surface area contributed by atoms with E-state index in [0.29, 0.717) is 28.3 Å². The van der Waals surface area contributed by atoms with Crippen molar-refractivity contribution in [2.75, 3.05) is 17.2 Å². The third kappa shape index (κ3) is 6.09. The maximum atomic E-state index is 15.3. The topological polar surface area (TPSA) is 67.2 Å². The van der Waals surface area contributed by atoms with Crippen LogP contribution in [-0.4, -0.2) is 33.9 Å². The molecule has 1 aromatic heterocycles. The Labute approximate surface area is 246 Å². The second-order valence-corrected chi connectivity index (χ2v) is 12.4. The van der Waals surface area contributed by atoms with Crippen LogP contribution in [-0.2, 0) is 21.5 Å². The van der Waals surface area contributed by atoms with Crippen LogP contribution < -0.4 is 10.2 Å². The van der Waals surface area contributed by atoms with E-state index in [1.54, 1.807) is 16.8 Å². The predicted octanol–water partition coefficient (Wildman–Crippen LogP) is 6.38. The summed E-state index contributed by atoms with van der Waals surface area (Å²) in [5.74, 6) is -2.25. The van der Waals surface area contributed by atoms with Gasteiger partial charge in [0.1, 0.15) is 29.8 Å². The highest BCUT2D eigenvalue weighted by Gasteiger charge is 2.40. The molecule has 0 radical (unpaired) electrons. The lowest BCUT2D eigenvalue weighted by molar-refractivity contribution is -0.123. The monoisotopic (exact) mass is 592 g/mol. The number of benzene rings is 3. The first-order valence-corrected chi connectivity index (χ1v) is 14.6. The summed E-state index contributed by atoms with van der Waals surface area (Å²) in [4.78, 5) is 28.4. The van der Waals surface area contributed by atoms with Crippen LogP contribution in [0.1, 0.15) is 54.0 Å². The van der Waals surface area contributed by atoms with Gasteiger partial charge < -0.3 is 5.32 Å². The quantitative estimate of drug-likeness (QED) is 0.282. The van der Waals surface area contributed by atoms with Gasteiger partial charge in [0.15, 0.2) is 0 Å². The van der Waals surface area contributed by atoms with Crippen LogP contribution >= 0.6 is 11.8 Å². The lowest BCUT2D eigenvalue weighted by atomic mass is 9.87. The van der Waals surface area contributed by atoms with Crippen LogP contribution in [0, 0.1) is 24.4 Å². The van der Waals surface area contributed by atoms with Gasteiger partial charge in [-0.05, 0) is 42.8 Å². The fourth-order valence-corrected chi connectivity index (χ4v) is 6.12. The molecule has 0 bridgehead atoms. The van der Waals surface area contributed by atoms with Crippen LogP contribution in [0.4, 0.5) is 19.0 Å². The SMILES string of the molecule is Cc1ccc(-n2nc(C(C)(C)C)c3c2N(CC(=O)NCc2ccc(F)cc2)C(=O)CS[C@H]3c2ccc(F)cc2F)cc1. The largest absolute Gasteiger partial charge is 0.350 e. The minimum Gasteiger partial charge on any atom is -0.350 e. The van der Waals surface area contributed by atoms with E-state index in [-0.39, 0.29) is 36.1 Å². The fourth-order valence-electron chi connectivity index (χ4n) is 4.90. The summed E-state index contributed by atoms with van der Waals surface area (Å²) in [6.07, 6.45) is 0. The van der Waals surface area contributed by atoms with Gasteiger partial charge >= 0.3 is 0 Å². The number of thioether (sulfide) groups is 1. The van der Waals surface area contributed by atoms with Crippen molar-refractivity contribution in [1.29, 1.82) is 0 Å². The molecule has 42 heavy (non-hydrogen) atoms. The lowest BCUT2D eigenvalue weighted by Crippen LogP contribution is -2.42. The molecule has 0 saturated carbocycles. The van der Waals surface area contributed by atoms with Crippen LogP contribution in [0.5, 0.6) is 0 Å². The number of aromatic nitrogens is 2. The number of nitrogens with zero attached hydrogens (tertiary/aromatic N) is 3. The third-order valence-corrected chi connectivity index (χ3v) is 8.26. The molecule has 5 rings (SSSR count). The molecule has 1 aliphatic rings. The molecule has 0 unspecified atom stereocenters. The molecule has 4 aromatic rings. The van der Waals surface area contributed by atoms with Crippen molar-refractivity contribution in [3.05, 3.63) is 112 Å². The second kappa shape index (κ2) is 11.7. The van der Waals surface area contributed by atoms with Crippen molar-refractivity contribution in [3.63, 3.8) is 0 Å². The molecule has 218 valence electrons. The maximum Gasteiger partial charge on any atom is 0.240 e. The Kier molecular flexibility index (Phi) is 8.19. The molecule has 3 aromatic carbocycles. The van der Waals surface area contributed by atoms with Gasteiger partial charge in [0.25, 0.3) is 0 Å². The zero-order valence-electron chi connectivity index (χ0n) is 23.7. The van der Waals surface area contributed by atoms with E-state index in [1.807, 2.05) is 52.0 Å². The summed E-state index contributed by atoms with van der Waals surface area (Å²) in [5, 5.41) is 7.08. The number of aryl methyl sites for hydroxylation is 1.